The average Bonchev–Trinajstić information content (AvgIpc) is 2.48. The molecule has 0 bridgehead atoms. The first-order valence-corrected chi connectivity index (χ1v) is 6.51. The summed E-state index contributed by atoms with van der Waals surface area (Å²) in [5.41, 5.74) is 7.13. The number of hydrogen-bond acceptors (Lipinski definition) is 2. The average molecular weight is 282 g/mol. The molecule has 3 nitrogen and oxygen atoms in total. The van der Waals surface area contributed by atoms with Gasteiger partial charge in [0.05, 0.1) is 24.2 Å². The van der Waals surface area contributed by atoms with Gasteiger partial charge in [0.2, 0.25) is 5.91 Å². The van der Waals surface area contributed by atoms with E-state index in [2.05, 4.69) is 17.2 Å². The molecule has 0 atom stereocenters. The Morgan fingerprint density at radius 3 is 2.67 bits per heavy atom. The molecular formula is C17H15FN2O. The second-order valence-electron chi connectivity index (χ2n) is 4.41. The number of nitrogens with two attached hydrogens (primary N) is 1. The van der Waals surface area contributed by atoms with Crippen molar-refractivity contribution < 1.29 is 9.18 Å². The van der Waals surface area contributed by atoms with E-state index < -0.39 is 5.82 Å². The predicted octanol–water partition coefficient (Wildman–Crippen LogP) is 2.32. The molecule has 3 N–H and O–H groups in total. The van der Waals surface area contributed by atoms with Crippen molar-refractivity contribution in [1.29, 1.82) is 0 Å². The van der Waals surface area contributed by atoms with Crippen LogP contribution < -0.4 is 11.1 Å². The molecule has 1 amide bonds. The Morgan fingerprint density at radius 1 is 1.19 bits per heavy atom. The minimum absolute atomic E-state index is 0.175. The molecule has 2 aromatic rings. The lowest BCUT2D eigenvalue weighted by atomic mass is 10.1. The molecule has 0 unspecified atom stereocenters. The summed E-state index contributed by atoms with van der Waals surface area (Å²) in [5, 5.41) is 2.75. The van der Waals surface area contributed by atoms with Gasteiger partial charge >= 0.3 is 0 Å². The highest BCUT2D eigenvalue weighted by Gasteiger charge is 2.07. The van der Waals surface area contributed by atoms with Gasteiger partial charge in [-0.1, -0.05) is 42.2 Å². The molecule has 0 heterocycles. The fraction of sp³-hybridized carbons (Fsp3) is 0.118. The van der Waals surface area contributed by atoms with E-state index >= 15 is 0 Å². The molecule has 106 valence electrons. The lowest BCUT2D eigenvalue weighted by Crippen LogP contribution is -2.15. The summed E-state index contributed by atoms with van der Waals surface area (Å²) in [4.78, 5) is 12.0. The smallest absolute Gasteiger partial charge is 0.228 e. The highest BCUT2D eigenvalue weighted by molar-refractivity contribution is 5.93. The van der Waals surface area contributed by atoms with Crippen LogP contribution >= 0.6 is 0 Å². The minimum atomic E-state index is -0.405. The first kappa shape index (κ1) is 14.8. The van der Waals surface area contributed by atoms with Crippen molar-refractivity contribution >= 4 is 11.6 Å². The third-order valence-electron chi connectivity index (χ3n) is 2.79. The van der Waals surface area contributed by atoms with Crippen LogP contribution in [0.25, 0.3) is 0 Å². The summed E-state index contributed by atoms with van der Waals surface area (Å²) in [6.45, 7) is 0.175. The largest absolute Gasteiger partial charge is 0.325 e. The van der Waals surface area contributed by atoms with E-state index in [-0.39, 0.29) is 18.9 Å². The number of carbonyl (C=O) groups is 1. The molecule has 0 saturated carbocycles. The number of benzene rings is 2. The van der Waals surface area contributed by atoms with Gasteiger partial charge in [-0.2, -0.15) is 0 Å². The topological polar surface area (TPSA) is 55.1 Å². The van der Waals surface area contributed by atoms with Crippen LogP contribution in [0.3, 0.4) is 0 Å². The minimum Gasteiger partial charge on any atom is -0.325 e. The molecule has 0 saturated heterocycles. The van der Waals surface area contributed by atoms with E-state index in [0.29, 0.717) is 11.3 Å². The van der Waals surface area contributed by atoms with Crippen LogP contribution in [0.15, 0.2) is 48.5 Å². The van der Waals surface area contributed by atoms with Crippen molar-refractivity contribution in [3.05, 3.63) is 65.5 Å². The molecule has 0 aliphatic rings. The number of rotatable bonds is 3. The van der Waals surface area contributed by atoms with Gasteiger partial charge in [0.25, 0.3) is 0 Å². The van der Waals surface area contributed by atoms with Crippen LogP contribution in [0.2, 0.25) is 0 Å². The van der Waals surface area contributed by atoms with E-state index in [1.54, 1.807) is 0 Å². The Labute approximate surface area is 123 Å². The third-order valence-corrected chi connectivity index (χ3v) is 2.79. The molecule has 0 aromatic heterocycles. The first-order valence-electron chi connectivity index (χ1n) is 6.51. The van der Waals surface area contributed by atoms with Gasteiger partial charge in [0.1, 0.15) is 5.82 Å². The van der Waals surface area contributed by atoms with Crippen LogP contribution in [0.1, 0.15) is 11.1 Å². The Kier molecular flexibility index (Phi) is 5.08. The van der Waals surface area contributed by atoms with Crippen LogP contribution in [0, 0.1) is 17.7 Å². The zero-order valence-corrected chi connectivity index (χ0v) is 11.4. The van der Waals surface area contributed by atoms with Crippen molar-refractivity contribution in [2.75, 3.05) is 11.9 Å². The summed E-state index contributed by atoms with van der Waals surface area (Å²) in [6, 6.07) is 13.4. The highest BCUT2D eigenvalue weighted by Crippen LogP contribution is 2.16. The first-order chi connectivity index (χ1) is 10.2. The van der Waals surface area contributed by atoms with Crippen LogP contribution in [-0.2, 0) is 11.2 Å². The van der Waals surface area contributed by atoms with Crippen molar-refractivity contribution in [3.8, 4) is 11.8 Å². The Bertz CT molecular complexity index is 687. The number of carbonyl (C=O) groups excluding carboxylic acids is 1. The third kappa shape index (κ3) is 4.44. The number of amides is 1. The number of nitrogens with one attached hydrogen (secondary N) is 1. The maximum absolute atomic E-state index is 13.2. The highest BCUT2D eigenvalue weighted by atomic mass is 19.1. The summed E-state index contributed by atoms with van der Waals surface area (Å²) in [5.74, 6) is 4.83. The van der Waals surface area contributed by atoms with Crippen molar-refractivity contribution in [2.45, 2.75) is 6.42 Å². The van der Waals surface area contributed by atoms with E-state index in [4.69, 9.17) is 5.73 Å². The number of halogens is 1. The van der Waals surface area contributed by atoms with Gasteiger partial charge in [-0.05, 0) is 23.8 Å². The summed E-state index contributed by atoms with van der Waals surface area (Å²) >= 11 is 0. The predicted molar refractivity (Wildman–Crippen MR) is 81.1 cm³/mol. The van der Waals surface area contributed by atoms with Crippen LogP contribution in [0.4, 0.5) is 10.1 Å². The number of hydrogen-bond donors (Lipinski definition) is 2. The Balaban J connectivity index is 2.13. The monoisotopic (exact) mass is 282 g/mol. The maximum atomic E-state index is 13.2. The van der Waals surface area contributed by atoms with E-state index in [0.717, 1.165) is 5.56 Å². The van der Waals surface area contributed by atoms with Gasteiger partial charge in [-0.3, -0.25) is 4.79 Å². The fourth-order valence-electron chi connectivity index (χ4n) is 1.85. The second-order valence-corrected chi connectivity index (χ2v) is 4.41. The quantitative estimate of drug-likeness (QED) is 0.849. The second kappa shape index (κ2) is 7.22. The molecule has 0 aliphatic heterocycles. The molecule has 0 spiro atoms. The van der Waals surface area contributed by atoms with Crippen molar-refractivity contribution in [3.63, 3.8) is 0 Å². The van der Waals surface area contributed by atoms with E-state index in [1.807, 2.05) is 30.3 Å². The molecule has 21 heavy (non-hydrogen) atoms. The summed E-state index contributed by atoms with van der Waals surface area (Å²) in [6.07, 6.45) is 0.252. The normalized spacial score (nSPS) is 9.62. The molecule has 0 fully saturated rings. The zero-order valence-electron chi connectivity index (χ0n) is 11.4. The molecule has 4 heteroatoms. The lowest BCUT2D eigenvalue weighted by molar-refractivity contribution is -0.115. The Morgan fingerprint density at radius 2 is 1.95 bits per heavy atom. The lowest BCUT2D eigenvalue weighted by Gasteiger charge is -2.08. The van der Waals surface area contributed by atoms with Gasteiger partial charge < -0.3 is 11.1 Å². The van der Waals surface area contributed by atoms with Gasteiger partial charge in [-0.25, -0.2) is 4.39 Å². The standard InChI is InChI=1S/C17H15FN2O/c18-15-8-9-16(14(12-15)7-4-10-19)20-17(21)11-13-5-2-1-3-6-13/h1-3,5-6,8-9,12H,10-11,19H2,(H,20,21). The van der Waals surface area contributed by atoms with E-state index in [9.17, 15) is 9.18 Å². The molecular weight excluding hydrogens is 267 g/mol. The fourth-order valence-corrected chi connectivity index (χ4v) is 1.85. The van der Waals surface area contributed by atoms with Gasteiger partial charge in [-0.15, -0.1) is 0 Å². The zero-order chi connectivity index (χ0) is 15.1. The maximum Gasteiger partial charge on any atom is 0.228 e. The number of anilines is 1. The summed E-state index contributed by atoms with van der Waals surface area (Å²) < 4.78 is 13.2. The van der Waals surface area contributed by atoms with Gasteiger partial charge in [0, 0.05) is 0 Å². The van der Waals surface area contributed by atoms with Crippen LogP contribution in [0.5, 0.6) is 0 Å². The molecule has 2 aromatic carbocycles. The van der Waals surface area contributed by atoms with Gasteiger partial charge in [0.15, 0.2) is 0 Å². The Hall–Kier alpha value is -2.64. The molecule has 2 rings (SSSR count). The van der Waals surface area contributed by atoms with Crippen molar-refractivity contribution in [2.24, 2.45) is 5.73 Å². The molecule has 0 radical (unpaired) electrons. The van der Waals surface area contributed by atoms with Crippen molar-refractivity contribution in [1.82, 2.24) is 0 Å². The SMILES string of the molecule is NCC#Cc1cc(F)ccc1NC(=O)Cc1ccccc1. The molecule has 0 aliphatic carbocycles. The van der Waals surface area contributed by atoms with E-state index in [1.165, 1.54) is 18.2 Å². The summed E-state index contributed by atoms with van der Waals surface area (Å²) in [7, 11) is 0. The van der Waals surface area contributed by atoms with Crippen LogP contribution in [-0.4, -0.2) is 12.5 Å².